The molecule has 0 spiro atoms. The lowest BCUT2D eigenvalue weighted by molar-refractivity contribution is 0.210. The van der Waals surface area contributed by atoms with E-state index in [1.807, 2.05) is 18.3 Å². The van der Waals surface area contributed by atoms with E-state index in [0.717, 1.165) is 23.0 Å². The molecular formula is C16H24N4S. The number of nitrogens with one attached hydrogen (secondary N) is 1. The van der Waals surface area contributed by atoms with E-state index in [9.17, 15) is 0 Å². The quantitative estimate of drug-likeness (QED) is 0.941. The fourth-order valence-corrected chi connectivity index (χ4v) is 4.00. The SMILES string of the molecule is Cc1nc(NCC(C)(C)N(C)C)c2c3c(sc2n1)CCC3. The number of rotatable bonds is 4. The molecule has 0 aromatic carbocycles. The van der Waals surface area contributed by atoms with Crippen molar-refractivity contribution in [2.24, 2.45) is 0 Å². The third-order valence-corrected chi connectivity index (χ3v) is 5.76. The maximum atomic E-state index is 4.68. The van der Waals surface area contributed by atoms with Crippen molar-refractivity contribution in [1.82, 2.24) is 14.9 Å². The van der Waals surface area contributed by atoms with Crippen LogP contribution >= 0.6 is 11.3 Å². The van der Waals surface area contributed by atoms with Crippen molar-refractivity contribution in [2.45, 2.75) is 45.6 Å². The van der Waals surface area contributed by atoms with E-state index >= 15 is 0 Å². The molecule has 1 aliphatic rings. The number of aryl methyl sites for hydroxylation is 3. The van der Waals surface area contributed by atoms with Gasteiger partial charge in [-0.3, -0.25) is 0 Å². The van der Waals surface area contributed by atoms with Crippen molar-refractivity contribution >= 4 is 27.4 Å². The first-order valence-corrected chi connectivity index (χ1v) is 8.40. The van der Waals surface area contributed by atoms with Crippen LogP contribution in [0.5, 0.6) is 0 Å². The van der Waals surface area contributed by atoms with Gasteiger partial charge in [0, 0.05) is 17.0 Å². The van der Waals surface area contributed by atoms with Crippen molar-refractivity contribution in [1.29, 1.82) is 0 Å². The van der Waals surface area contributed by atoms with E-state index in [2.05, 4.69) is 48.1 Å². The number of hydrogen-bond donors (Lipinski definition) is 1. The second-order valence-corrected chi connectivity index (χ2v) is 7.80. The molecule has 0 unspecified atom stereocenters. The number of likely N-dealkylation sites (N-methyl/N-ethyl adjacent to an activating group) is 1. The number of thiophene rings is 1. The van der Waals surface area contributed by atoms with Gasteiger partial charge in [-0.05, 0) is 59.7 Å². The predicted molar refractivity (Wildman–Crippen MR) is 90.4 cm³/mol. The van der Waals surface area contributed by atoms with Gasteiger partial charge in [-0.15, -0.1) is 11.3 Å². The first-order valence-electron chi connectivity index (χ1n) is 7.58. The van der Waals surface area contributed by atoms with Crippen LogP contribution in [0.2, 0.25) is 0 Å². The summed E-state index contributed by atoms with van der Waals surface area (Å²) in [4.78, 5) is 14.2. The minimum absolute atomic E-state index is 0.0877. The summed E-state index contributed by atoms with van der Waals surface area (Å²) in [6.07, 6.45) is 3.65. The summed E-state index contributed by atoms with van der Waals surface area (Å²) < 4.78 is 0. The van der Waals surface area contributed by atoms with Crippen molar-refractivity contribution in [3.63, 3.8) is 0 Å². The van der Waals surface area contributed by atoms with Gasteiger partial charge >= 0.3 is 0 Å². The largest absolute Gasteiger partial charge is 0.368 e. The molecule has 2 aromatic rings. The van der Waals surface area contributed by atoms with Crippen LogP contribution in [0, 0.1) is 6.92 Å². The van der Waals surface area contributed by atoms with Gasteiger partial charge in [0.25, 0.3) is 0 Å². The Morgan fingerprint density at radius 1 is 1.24 bits per heavy atom. The highest BCUT2D eigenvalue weighted by molar-refractivity contribution is 7.19. The molecular weight excluding hydrogens is 280 g/mol. The molecule has 1 N–H and O–H groups in total. The summed E-state index contributed by atoms with van der Waals surface area (Å²) in [7, 11) is 4.23. The summed E-state index contributed by atoms with van der Waals surface area (Å²) in [6.45, 7) is 7.33. The zero-order valence-corrected chi connectivity index (χ0v) is 14.4. The Morgan fingerprint density at radius 2 is 2.00 bits per heavy atom. The maximum absolute atomic E-state index is 4.68. The first-order chi connectivity index (χ1) is 9.88. The number of nitrogens with zero attached hydrogens (tertiary/aromatic N) is 3. The monoisotopic (exact) mass is 304 g/mol. The van der Waals surface area contributed by atoms with Crippen molar-refractivity contribution in [3.8, 4) is 0 Å². The lowest BCUT2D eigenvalue weighted by Crippen LogP contribution is -2.44. The summed E-state index contributed by atoms with van der Waals surface area (Å²) >= 11 is 1.85. The summed E-state index contributed by atoms with van der Waals surface area (Å²) in [5, 5.41) is 4.85. The molecule has 21 heavy (non-hydrogen) atoms. The highest BCUT2D eigenvalue weighted by Gasteiger charge is 2.24. The van der Waals surface area contributed by atoms with Crippen LogP contribution in [-0.2, 0) is 12.8 Å². The Morgan fingerprint density at radius 3 is 2.71 bits per heavy atom. The number of hydrogen-bond acceptors (Lipinski definition) is 5. The zero-order valence-electron chi connectivity index (χ0n) is 13.6. The molecule has 1 aliphatic carbocycles. The van der Waals surface area contributed by atoms with Crippen molar-refractivity contribution in [3.05, 3.63) is 16.3 Å². The van der Waals surface area contributed by atoms with Crippen molar-refractivity contribution < 1.29 is 0 Å². The molecule has 2 heterocycles. The number of anilines is 1. The molecule has 0 saturated carbocycles. The van der Waals surface area contributed by atoms with Crippen LogP contribution in [0.3, 0.4) is 0 Å². The predicted octanol–water partition coefficient (Wildman–Crippen LogP) is 3.24. The van der Waals surface area contributed by atoms with Gasteiger partial charge in [0.2, 0.25) is 0 Å². The Kier molecular flexibility index (Phi) is 3.66. The molecule has 0 radical (unpaired) electrons. The molecule has 4 nitrogen and oxygen atoms in total. The minimum atomic E-state index is 0.0877. The molecule has 0 amide bonds. The molecule has 0 bridgehead atoms. The fourth-order valence-electron chi connectivity index (χ4n) is 2.69. The van der Waals surface area contributed by atoms with Gasteiger partial charge < -0.3 is 10.2 Å². The Labute approximate surface area is 130 Å². The summed E-state index contributed by atoms with van der Waals surface area (Å²) in [5.74, 6) is 1.87. The molecule has 0 saturated heterocycles. The average Bonchev–Trinajstić information content (AvgIpc) is 2.95. The van der Waals surface area contributed by atoms with Crippen LogP contribution in [-0.4, -0.2) is 41.0 Å². The van der Waals surface area contributed by atoms with Gasteiger partial charge in [0.15, 0.2) is 0 Å². The van der Waals surface area contributed by atoms with Crippen LogP contribution in [0.25, 0.3) is 10.2 Å². The molecule has 114 valence electrons. The highest BCUT2D eigenvalue weighted by atomic mass is 32.1. The molecule has 2 aromatic heterocycles. The second-order valence-electron chi connectivity index (χ2n) is 6.72. The molecule has 5 heteroatoms. The summed E-state index contributed by atoms with van der Waals surface area (Å²) in [5.41, 5.74) is 1.57. The van der Waals surface area contributed by atoms with Gasteiger partial charge in [-0.1, -0.05) is 0 Å². The van der Waals surface area contributed by atoms with E-state index in [1.54, 1.807) is 0 Å². The topological polar surface area (TPSA) is 41.1 Å². The zero-order chi connectivity index (χ0) is 15.2. The Balaban J connectivity index is 1.98. The van der Waals surface area contributed by atoms with Gasteiger partial charge in [-0.2, -0.15) is 0 Å². The van der Waals surface area contributed by atoms with Gasteiger partial charge in [0.1, 0.15) is 16.5 Å². The molecule has 0 atom stereocenters. The van der Waals surface area contributed by atoms with E-state index < -0.39 is 0 Å². The average molecular weight is 304 g/mol. The standard InChI is InChI=1S/C16H24N4S/c1-10-18-14(17-9-16(2,3)20(4)5)13-11-7-6-8-12(11)21-15(13)19-10/h6-9H2,1-5H3,(H,17,18,19). The van der Waals surface area contributed by atoms with Crippen LogP contribution < -0.4 is 5.32 Å². The number of fused-ring (bicyclic) bond motifs is 3. The molecule has 0 fully saturated rings. The van der Waals surface area contributed by atoms with E-state index in [-0.39, 0.29) is 5.54 Å². The lowest BCUT2D eigenvalue weighted by atomic mass is 10.0. The third-order valence-electron chi connectivity index (χ3n) is 4.58. The molecule has 0 aliphatic heterocycles. The normalized spacial score (nSPS) is 15.0. The fraction of sp³-hybridized carbons (Fsp3) is 0.625. The van der Waals surface area contributed by atoms with Gasteiger partial charge in [0.05, 0.1) is 5.39 Å². The van der Waals surface area contributed by atoms with Crippen LogP contribution in [0.1, 0.15) is 36.5 Å². The highest BCUT2D eigenvalue weighted by Crippen LogP contribution is 2.39. The van der Waals surface area contributed by atoms with E-state index in [0.29, 0.717) is 0 Å². The van der Waals surface area contributed by atoms with E-state index in [1.165, 1.54) is 35.1 Å². The minimum Gasteiger partial charge on any atom is -0.368 e. The second kappa shape index (κ2) is 5.21. The molecule has 3 rings (SSSR count). The smallest absolute Gasteiger partial charge is 0.138 e. The van der Waals surface area contributed by atoms with Crippen LogP contribution in [0.4, 0.5) is 5.82 Å². The Bertz CT molecular complexity index is 672. The Hall–Kier alpha value is -1.20. The summed E-state index contributed by atoms with van der Waals surface area (Å²) in [6, 6.07) is 0. The lowest BCUT2D eigenvalue weighted by Gasteiger charge is -2.33. The number of aromatic nitrogens is 2. The van der Waals surface area contributed by atoms with E-state index in [4.69, 9.17) is 0 Å². The third kappa shape index (κ3) is 2.64. The first kappa shape index (κ1) is 14.7. The van der Waals surface area contributed by atoms with Crippen LogP contribution in [0.15, 0.2) is 0 Å². The van der Waals surface area contributed by atoms with Crippen molar-refractivity contribution in [2.75, 3.05) is 26.0 Å². The van der Waals surface area contributed by atoms with Gasteiger partial charge in [-0.25, -0.2) is 9.97 Å². The maximum Gasteiger partial charge on any atom is 0.138 e.